The number of hydrogen-bond donors (Lipinski definition) is 1. The summed E-state index contributed by atoms with van der Waals surface area (Å²) >= 11 is 3.33. The normalized spacial score (nSPS) is 13.0. The minimum Gasteiger partial charge on any atom is -0.481 e. The molecular formula is C7H13BrO2. The first-order valence-electron chi connectivity index (χ1n) is 3.48. The van der Waals surface area contributed by atoms with Crippen LogP contribution in [0.3, 0.4) is 0 Å². The zero-order chi connectivity index (χ0) is 7.98. The first-order valence-corrected chi connectivity index (χ1v) is 4.60. The summed E-state index contributed by atoms with van der Waals surface area (Å²) in [4.78, 5) is 10.1. The Kier molecular flexibility index (Phi) is 5.69. The van der Waals surface area contributed by atoms with Crippen LogP contribution in [0.25, 0.3) is 0 Å². The molecule has 1 atom stereocenters. The molecule has 0 amide bonds. The number of rotatable bonds is 5. The highest BCUT2D eigenvalue weighted by Crippen LogP contribution is 2.12. The monoisotopic (exact) mass is 208 g/mol. The Morgan fingerprint density at radius 2 is 2.30 bits per heavy atom. The minimum absolute atomic E-state index is 0.296. The molecule has 0 heterocycles. The zero-order valence-corrected chi connectivity index (χ0v) is 7.73. The van der Waals surface area contributed by atoms with Crippen LogP contribution in [0.4, 0.5) is 0 Å². The van der Waals surface area contributed by atoms with Gasteiger partial charge in [0.15, 0.2) is 0 Å². The van der Waals surface area contributed by atoms with Gasteiger partial charge in [0.2, 0.25) is 0 Å². The topological polar surface area (TPSA) is 37.3 Å². The molecule has 0 saturated carbocycles. The molecule has 0 saturated heterocycles. The summed E-state index contributed by atoms with van der Waals surface area (Å²) in [6.07, 6.45) is 2.14. The number of halogens is 1. The third-order valence-corrected chi connectivity index (χ3v) is 2.48. The van der Waals surface area contributed by atoms with Gasteiger partial charge in [-0.3, -0.25) is 4.79 Å². The summed E-state index contributed by atoms with van der Waals surface area (Å²) < 4.78 is 0. The summed E-state index contributed by atoms with van der Waals surface area (Å²) in [5.74, 6) is -0.171. The van der Waals surface area contributed by atoms with Crippen LogP contribution in [0.5, 0.6) is 0 Å². The molecule has 3 heteroatoms. The highest BCUT2D eigenvalue weighted by molar-refractivity contribution is 9.09. The van der Waals surface area contributed by atoms with Gasteiger partial charge in [0, 0.05) is 11.8 Å². The van der Waals surface area contributed by atoms with Crippen LogP contribution in [0.15, 0.2) is 0 Å². The Morgan fingerprint density at radius 3 is 2.60 bits per heavy atom. The van der Waals surface area contributed by atoms with Crippen LogP contribution in [0, 0.1) is 5.92 Å². The Balaban J connectivity index is 3.34. The van der Waals surface area contributed by atoms with E-state index in [-0.39, 0.29) is 0 Å². The van der Waals surface area contributed by atoms with Gasteiger partial charge in [-0.05, 0) is 12.3 Å². The van der Waals surface area contributed by atoms with Crippen molar-refractivity contribution in [3.63, 3.8) is 0 Å². The summed E-state index contributed by atoms with van der Waals surface area (Å²) in [5.41, 5.74) is 0. The molecule has 0 aromatic heterocycles. The lowest BCUT2D eigenvalue weighted by molar-refractivity contribution is -0.137. The summed E-state index contributed by atoms with van der Waals surface area (Å²) in [5, 5.41) is 9.25. The average molecular weight is 209 g/mol. The number of aliphatic carboxylic acids is 1. The van der Waals surface area contributed by atoms with Crippen LogP contribution < -0.4 is 0 Å². The van der Waals surface area contributed by atoms with Gasteiger partial charge in [-0.1, -0.05) is 29.3 Å². The fourth-order valence-corrected chi connectivity index (χ4v) is 1.50. The lowest BCUT2D eigenvalue weighted by Gasteiger charge is -2.07. The molecule has 60 valence electrons. The molecule has 2 nitrogen and oxygen atoms in total. The van der Waals surface area contributed by atoms with Gasteiger partial charge in [-0.25, -0.2) is 0 Å². The van der Waals surface area contributed by atoms with Crippen molar-refractivity contribution in [2.75, 3.05) is 5.33 Å². The number of carboxylic acids is 1. The van der Waals surface area contributed by atoms with E-state index < -0.39 is 5.97 Å². The lowest BCUT2D eigenvalue weighted by atomic mass is 10.0. The molecule has 0 spiro atoms. The SMILES string of the molecule is CCC(CBr)CCC(=O)O. The molecule has 1 unspecified atom stereocenters. The predicted molar refractivity (Wildman–Crippen MR) is 44.4 cm³/mol. The predicted octanol–water partition coefficient (Wildman–Crippen LogP) is 2.27. The van der Waals surface area contributed by atoms with Crippen molar-refractivity contribution in [3.05, 3.63) is 0 Å². The lowest BCUT2D eigenvalue weighted by Crippen LogP contribution is -2.04. The molecule has 0 rings (SSSR count). The van der Waals surface area contributed by atoms with E-state index in [0.717, 1.165) is 18.2 Å². The molecule has 0 aromatic rings. The highest BCUT2D eigenvalue weighted by Gasteiger charge is 2.06. The van der Waals surface area contributed by atoms with Crippen molar-refractivity contribution in [3.8, 4) is 0 Å². The largest absolute Gasteiger partial charge is 0.481 e. The Labute approximate surface area is 69.8 Å². The summed E-state index contributed by atoms with van der Waals surface area (Å²) in [7, 11) is 0. The smallest absolute Gasteiger partial charge is 0.303 e. The molecular weight excluding hydrogens is 196 g/mol. The molecule has 0 aliphatic carbocycles. The molecule has 0 aliphatic heterocycles. The van der Waals surface area contributed by atoms with Crippen LogP contribution in [0.1, 0.15) is 26.2 Å². The third-order valence-electron chi connectivity index (χ3n) is 1.56. The van der Waals surface area contributed by atoms with E-state index >= 15 is 0 Å². The Hall–Kier alpha value is -0.0500. The number of hydrogen-bond acceptors (Lipinski definition) is 1. The number of carboxylic acid groups (broad SMARTS) is 1. The molecule has 0 radical (unpaired) electrons. The fourth-order valence-electron chi connectivity index (χ4n) is 0.718. The highest BCUT2D eigenvalue weighted by atomic mass is 79.9. The van der Waals surface area contributed by atoms with E-state index in [1.807, 2.05) is 0 Å². The molecule has 0 aliphatic rings. The second-order valence-corrected chi connectivity index (χ2v) is 3.01. The van der Waals surface area contributed by atoms with Gasteiger partial charge in [-0.2, -0.15) is 0 Å². The third kappa shape index (κ3) is 4.79. The second-order valence-electron chi connectivity index (χ2n) is 2.36. The quantitative estimate of drug-likeness (QED) is 0.705. The summed E-state index contributed by atoms with van der Waals surface area (Å²) in [6.45, 7) is 2.08. The maximum atomic E-state index is 10.1. The van der Waals surface area contributed by atoms with Gasteiger partial charge in [-0.15, -0.1) is 0 Å². The molecule has 1 N–H and O–H groups in total. The van der Waals surface area contributed by atoms with Gasteiger partial charge >= 0.3 is 5.97 Å². The van der Waals surface area contributed by atoms with Crippen LogP contribution in [-0.2, 0) is 4.79 Å². The molecule has 0 bridgehead atoms. The molecule has 10 heavy (non-hydrogen) atoms. The first kappa shape index (κ1) is 9.95. The first-order chi connectivity index (χ1) is 4.70. The zero-order valence-electron chi connectivity index (χ0n) is 6.14. The summed E-state index contributed by atoms with van der Waals surface area (Å²) in [6, 6.07) is 0. The van der Waals surface area contributed by atoms with Crippen molar-refractivity contribution < 1.29 is 9.90 Å². The van der Waals surface area contributed by atoms with E-state index in [1.54, 1.807) is 0 Å². The van der Waals surface area contributed by atoms with Crippen LogP contribution >= 0.6 is 15.9 Å². The average Bonchev–Trinajstić information content (AvgIpc) is 1.90. The Morgan fingerprint density at radius 1 is 1.70 bits per heavy atom. The van der Waals surface area contributed by atoms with E-state index in [4.69, 9.17) is 5.11 Å². The standard InChI is InChI=1S/C7H13BrO2/c1-2-6(5-8)3-4-7(9)10/h6H,2-5H2,1H3,(H,9,10). The van der Waals surface area contributed by atoms with E-state index in [9.17, 15) is 4.79 Å². The molecule has 0 aromatic carbocycles. The maximum Gasteiger partial charge on any atom is 0.303 e. The van der Waals surface area contributed by atoms with Gasteiger partial charge < -0.3 is 5.11 Å². The van der Waals surface area contributed by atoms with Crippen molar-refractivity contribution in [2.45, 2.75) is 26.2 Å². The van der Waals surface area contributed by atoms with Crippen molar-refractivity contribution >= 4 is 21.9 Å². The number of carbonyl (C=O) groups is 1. The maximum absolute atomic E-state index is 10.1. The van der Waals surface area contributed by atoms with E-state index in [0.29, 0.717) is 12.3 Å². The van der Waals surface area contributed by atoms with E-state index in [1.165, 1.54) is 0 Å². The fraction of sp³-hybridized carbons (Fsp3) is 0.857. The van der Waals surface area contributed by atoms with Crippen LogP contribution in [-0.4, -0.2) is 16.4 Å². The van der Waals surface area contributed by atoms with Crippen molar-refractivity contribution in [1.29, 1.82) is 0 Å². The minimum atomic E-state index is -0.695. The molecule has 0 fully saturated rings. The Bertz CT molecular complexity index is 99.8. The van der Waals surface area contributed by atoms with Crippen LogP contribution in [0.2, 0.25) is 0 Å². The van der Waals surface area contributed by atoms with E-state index in [2.05, 4.69) is 22.9 Å². The van der Waals surface area contributed by atoms with Gasteiger partial charge in [0.1, 0.15) is 0 Å². The van der Waals surface area contributed by atoms with Gasteiger partial charge in [0.05, 0.1) is 0 Å². The van der Waals surface area contributed by atoms with Crippen molar-refractivity contribution in [1.82, 2.24) is 0 Å². The second kappa shape index (κ2) is 5.71. The van der Waals surface area contributed by atoms with Crippen molar-refractivity contribution in [2.24, 2.45) is 5.92 Å². The van der Waals surface area contributed by atoms with Gasteiger partial charge in [0.25, 0.3) is 0 Å². The number of alkyl halides is 1.